The molecule has 3 aliphatic rings. The molecule has 0 radical (unpaired) electrons. The Balaban J connectivity index is 0.000000217. The predicted octanol–water partition coefficient (Wildman–Crippen LogP) is 5.87. The molecule has 2 saturated heterocycles. The number of aldehydes is 1. The first-order chi connectivity index (χ1) is 21.7. The van der Waals surface area contributed by atoms with Crippen LogP contribution in [-0.2, 0) is 22.2 Å². The number of carbonyl (C=O) groups excluding carboxylic acids is 3. The number of carbonyl (C=O) groups is 3. The largest absolute Gasteiger partial charge is 0.365 e. The highest BCUT2D eigenvalue weighted by atomic mass is 32.1. The van der Waals surface area contributed by atoms with Gasteiger partial charge in [-0.15, -0.1) is 11.3 Å². The minimum Gasteiger partial charge on any atom is -0.365 e. The van der Waals surface area contributed by atoms with Crippen LogP contribution in [0.2, 0.25) is 0 Å². The predicted molar refractivity (Wildman–Crippen MR) is 185 cm³/mol. The van der Waals surface area contributed by atoms with Crippen LogP contribution in [0.1, 0.15) is 73.7 Å². The van der Waals surface area contributed by atoms with Crippen molar-refractivity contribution in [3.8, 4) is 0 Å². The van der Waals surface area contributed by atoms with Crippen molar-refractivity contribution in [2.75, 3.05) is 33.2 Å². The number of amides is 2. The third-order valence-corrected chi connectivity index (χ3v) is 9.57. The third kappa shape index (κ3) is 14.9. The zero-order valence-corrected chi connectivity index (χ0v) is 28.9. The summed E-state index contributed by atoms with van der Waals surface area (Å²) in [6, 6.07) is 11.3. The topological polar surface area (TPSA) is 137 Å². The number of aromatic nitrogens is 1. The number of hydrogen-bond donors (Lipinski definition) is 3. The van der Waals surface area contributed by atoms with Crippen molar-refractivity contribution in [1.29, 1.82) is 0 Å². The molecule has 4 N–H and O–H groups in total. The second kappa shape index (κ2) is 21.1. The summed E-state index contributed by atoms with van der Waals surface area (Å²) in [7, 11) is 0.248. The van der Waals surface area contributed by atoms with Gasteiger partial charge in [0, 0.05) is 42.8 Å². The van der Waals surface area contributed by atoms with E-state index in [1.807, 2.05) is 44.3 Å². The van der Waals surface area contributed by atoms with Crippen molar-refractivity contribution in [2.24, 2.45) is 23.5 Å². The van der Waals surface area contributed by atoms with Crippen LogP contribution in [-0.4, -0.2) is 76.4 Å². The summed E-state index contributed by atoms with van der Waals surface area (Å²) in [5.74, 6) is 2.00. The fraction of sp³-hybridized carbons (Fsp3) is 0.529. The van der Waals surface area contributed by atoms with Crippen LogP contribution in [0.4, 0.5) is 0 Å². The fourth-order valence-electron chi connectivity index (χ4n) is 5.11. The van der Waals surface area contributed by atoms with Crippen molar-refractivity contribution < 1.29 is 24.2 Å². The maximum Gasteiger partial charge on any atom is 0.258 e. The van der Waals surface area contributed by atoms with E-state index in [1.165, 1.54) is 49.3 Å². The molecule has 0 bridgehead atoms. The Morgan fingerprint density at radius 2 is 1.80 bits per heavy atom. The first-order valence-corrected chi connectivity index (χ1v) is 18.1. The van der Waals surface area contributed by atoms with Crippen LogP contribution >= 0.6 is 19.7 Å². The molecule has 2 aromatic heterocycles. The number of hydrogen-bond acceptors (Lipinski definition) is 8. The molecule has 3 fully saturated rings. The molecule has 248 valence electrons. The van der Waals surface area contributed by atoms with E-state index in [-0.39, 0.29) is 6.16 Å². The molecule has 2 aliphatic heterocycles. The normalized spacial score (nSPS) is 18.5. The van der Waals surface area contributed by atoms with Crippen molar-refractivity contribution in [2.45, 2.75) is 65.5 Å². The number of likely N-dealkylation sites (tertiary alicyclic amines) is 2. The number of fused-ring (bicyclic) bond motifs is 1. The van der Waals surface area contributed by atoms with Gasteiger partial charge >= 0.3 is 0 Å². The molecule has 9 nitrogen and oxygen atoms in total. The zero-order valence-electron chi connectivity index (χ0n) is 27.2. The molecule has 1 saturated carbocycles. The van der Waals surface area contributed by atoms with Crippen LogP contribution in [0.25, 0.3) is 10.1 Å². The Morgan fingerprint density at radius 3 is 2.29 bits per heavy atom. The zero-order chi connectivity index (χ0) is 33.2. The number of thiophene rings is 1. The van der Waals surface area contributed by atoms with E-state index in [0.717, 1.165) is 72.5 Å². The molecular weight excluding hydrogens is 607 g/mol. The number of nitrogens with two attached hydrogens (primary N) is 1. The number of rotatable bonds is 9. The number of benzene rings is 1. The maximum absolute atomic E-state index is 11.0. The average molecular weight is 659 g/mol. The van der Waals surface area contributed by atoms with Crippen molar-refractivity contribution in [3.05, 3.63) is 64.8 Å². The smallest absolute Gasteiger partial charge is 0.258 e. The summed E-state index contributed by atoms with van der Waals surface area (Å²) in [5, 5.41) is 0.910. The van der Waals surface area contributed by atoms with Crippen molar-refractivity contribution in [3.63, 3.8) is 0 Å². The van der Waals surface area contributed by atoms with Crippen LogP contribution in [0, 0.1) is 17.8 Å². The van der Waals surface area contributed by atoms with E-state index in [0.29, 0.717) is 10.8 Å². The lowest BCUT2D eigenvalue weighted by Gasteiger charge is -2.36. The lowest BCUT2D eigenvalue weighted by molar-refractivity contribution is -0.123. The molecule has 11 heteroatoms. The molecule has 1 aromatic carbocycles. The van der Waals surface area contributed by atoms with Gasteiger partial charge in [0.1, 0.15) is 6.29 Å². The van der Waals surface area contributed by atoms with E-state index in [1.54, 1.807) is 17.2 Å². The molecule has 45 heavy (non-hydrogen) atoms. The monoisotopic (exact) mass is 658 g/mol. The first kappa shape index (κ1) is 38.4. The summed E-state index contributed by atoms with van der Waals surface area (Å²) in [4.78, 5) is 57.7. The maximum atomic E-state index is 11.0. The number of primary amides is 1. The highest BCUT2D eigenvalue weighted by Gasteiger charge is 2.31. The number of nitrogens with zero attached hydrogens (tertiary/aromatic N) is 3. The first-order valence-electron chi connectivity index (χ1n) is 15.9. The Hall–Kier alpha value is -2.75. The second-order valence-corrected chi connectivity index (χ2v) is 13.7. The average Bonchev–Trinajstić information content (AvgIpc) is 3.34. The highest BCUT2D eigenvalue weighted by Crippen LogP contribution is 2.40. The minimum atomic E-state index is -1.93. The Bertz CT molecular complexity index is 1280. The van der Waals surface area contributed by atoms with E-state index in [4.69, 9.17) is 15.5 Å². The van der Waals surface area contributed by atoms with Gasteiger partial charge in [-0.1, -0.05) is 32.9 Å². The Labute approximate surface area is 273 Å². The molecular formula is C34H51N4O5PS. The standard InChI is InChI=1S/C10H12N2O.C10H10NO3PS.C7H12O.C5H11N.C2H6/c13-8-12-6-10(7-12)4-9-2-1-3-11-5-9;11-10(12)9-4-7-3-6(5-15(13)14)1-2-8(7)16-9;1-6-5-7(6)3-2-4-8;1-6-4-2-3-5-6;1-2/h1-3,5,8,10H,4,6-7H2;1-4,13-14H,5H2,(H2,11,12);4,6-7H,2-3,5H2,1H3;2-5H2,1H3;1-2H3. The molecule has 6 rings (SSSR count). The van der Waals surface area contributed by atoms with Crippen molar-refractivity contribution in [1.82, 2.24) is 14.8 Å². The van der Waals surface area contributed by atoms with Crippen LogP contribution in [0.3, 0.4) is 0 Å². The fourth-order valence-corrected chi connectivity index (χ4v) is 6.53. The number of pyridine rings is 1. The molecule has 3 aromatic rings. The van der Waals surface area contributed by atoms with Crippen LogP contribution in [0.5, 0.6) is 0 Å². The van der Waals surface area contributed by atoms with Gasteiger partial charge < -0.3 is 30.1 Å². The van der Waals surface area contributed by atoms with Gasteiger partial charge in [-0.25, -0.2) is 0 Å². The minimum absolute atomic E-state index is 0.243. The summed E-state index contributed by atoms with van der Waals surface area (Å²) >= 11 is 1.34. The summed E-state index contributed by atoms with van der Waals surface area (Å²) in [5.41, 5.74) is 7.30. The lowest BCUT2D eigenvalue weighted by atomic mass is 9.94. The van der Waals surface area contributed by atoms with Gasteiger partial charge in [0.15, 0.2) is 8.38 Å². The van der Waals surface area contributed by atoms with Crippen LogP contribution in [0.15, 0.2) is 48.8 Å². The quantitative estimate of drug-likeness (QED) is 0.193. The van der Waals surface area contributed by atoms with E-state index in [2.05, 4.69) is 29.9 Å². The molecule has 1 aliphatic carbocycles. The van der Waals surface area contributed by atoms with Gasteiger partial charge in [0.25, 0.3) is 5.91 Å². The third-order valence-electron chi connectivity index (χ3n) is 7.79. The van der Waals surface area contributed by atoms with Gasteiger partial charge in [-0.2, -0.15) is 0 Å². The van der Waals surface area contributed by atoms with Crippen molar-refractivity contribution >= 4 is 48.4 Å². The van der Waals surface area contributed by atoms with Gasteiger partial charge in [0.2, 0.25) is 6.41 Å². The Kier molecular flexibility index (Phi) is 18.0. The van der Waals surface area contributed by atoms with Crippen LogP contribution < -0.4 is 5.73 Å². The van der Waals surface area contributed by atoms with Gasteiger partial charge in [-0.3, -0.25) is 14.6 Å². The van der Waals surface area contributed by atoms with Gasteiger partial charge in [0.05, 0.1) is 4.88 Å². The Morgan fingerprint density at radius 1 is 1.11 bits per heavy atom. The molecule has 0 spiro atoms. The molecule has 2 atom stereocenters. The molecule has 4 heterocycles. The molecule has 2 amide bonds. The van der Waals surface area contributed by atoms with E-state index < -0.39 is 14.3 Å². The van der Waals surface area contributed by atoms with E-state index in [9.17, 15) is 14.4 Å². The van der Waals surface area contributed by atoms with Gasteiger partial charge in [-0.05, 0) is 111 Å². The summed E-state index contributed by atoms with van der Waals surface area (Å²) in [6.07, 6.45) is 13.0. The molecule has 2 unspecified atom stereocenters. The second-order valence-electron chi connectivity index (χ2n) is 11.6. The SMILES string of the molecule is CC.CC1CC1CCC=O.CN1CCCC1.NC(=O)c1cc2cc(CP(O)O)ccc2s1.O=CN1CC(Cc2cccnc2)C1. The highest BCUT2D eigenvalue weighted by molar-refractivity contribution is 7.44. The van der Waals surface area contributed by atoms with E-state index >= 15 is 0 Å². The summed E-state index contributed by atoms with van der Waals surface area (Å²) in [6.45, 7) is 10.7. The lowest BCUT2D eigenvalue weighted by Crippen LogP contribution is -2.46. The summed E-state index contributed by atoms with van der Waals surface area (Å²) < 4.78 is 0.970.